The maximum Gasteiger partial charge on any atom is 0.417 e. The van der Waals surface area contributed by atoms with Crippen molar-refractivity contribution in [2.75, 3.05) is 0 Å². The van der Waals surface area contributed by atoms with E-state index < -0.39 is 41.7 Å². The maximum absolute atomic E-state index is 11.1. The lowest BCUT2D eigenvalue weighted by molar-refractivity contribution is -0.167. The molecule has 9 heteroatoms. The van der Waals surface area contributed by atoms with E-state index in [1.807, 2.05) is 0 Å². The summed E-state index contributed by atoms with van der Waals surface area (Å²) in [6.07, 6.45) is 0.0228. The van der Waals surface area contributed by atoms with Gasteiger partial charge in [0.1, 0.15) is 5.92 Å². The predicted molar refractivity (Wildman–Crippen MR) is 65.4 cm³/mol. The highest BCUT2D eigenvalue weighted by Crippen LogP contribution is 2.14. The summed E-state index contributed by atoms with van der Waals surface area (Å²) in [6.45, 7) is 1.47. The number of carbonyl (C=O) groups is 5. The Kier molecular flexibility index (Phi) is 7.66. The molecular formula is C12H16O9. The molecule has 9 nitrogen and oxygen atoms in total. The number of hydrogen-bond donors (Lipinski definition) is 3. The lowest BCUT2D eigenvalue weighted by Gasteiger charge is -2.12. The van der Waals surface area contributed by atoms with E-state index in [0.717, 1.165) is 0 Å². The monoisotopic (exact) mass is 304 g/mol. The molecular weight excluding hydrogens is 288 g/mol. The first-order valence-electron chi connectivity index (χ1n) is 6.10. The van der Waals surface area contributed by atoms with Gasteiger partial charge in [0.25, 0.3) is 5.78 Å². The van der Waals surface area contributed by atoms with Crippen molar-refractivity contribution in [2.24, 2.45) is 5.92 Å². The number of aliphatic carboxylic acids is 3. The van der Waals surface area contributed by atoms with Crippen LogP contribution in [0.25, 0.3) is 0 Å². The molecule has 0 bridgehead atoms. The van der Waals surface area contributed by atoms with Crippen LogP contribution in [0.15, 0.2) is 0 Å². The molecule has 0 aliphatic heterocycles. The van der Waals surface area contributed by atoms with E-state index in [-0.39, 0.29) is 19.3 Å². The zero-order chi connectivity index (χ0) is 16.6. The van der Waals surface area contributed by atoms with Gasteiger partial charge in [0.2, 0.25) is 0 Å². The molecule has 0 heterocycles. The zero-order valence-electron chi connectivity index (χ0n) is 11.3. The Morgan fingerprint density at radius 1 is 0.905 bits per heavy atom. The van der Waals surface area contributed by atoms with Crippen LogP contribution in [-0.2, 0) is 28.7 Å². The summed E-state index contributed by atoms with van der Waals surface area (Å²) in [7, 11) is 0. The Morgan fingerprint density at radius 3 is 1.86 bits per heavy atom. The number of carbonyl (C=O) groups excluding carboxylic acids is 2. The molecule has 0 fully saturated rings. The van der Waals surface area contributed by atoms with Crippen molar-refractivity contribution in [2.45, 2.75) is 38.7 Å². The molecule has 0 aromatic heterocycles. The molecule has 0 aliphatic carbocycles. The third-order valence-electron chi connectivity index (χ3n) is 2.66. The topological polar surface area (TPSA) is 155 Å². The molecule has 21 heavy (non-hydrogen) atoms. The molecule has 0 spiro atoms. The minimum Gasteiger partial charge on any atom is -0.481 e. The quantitative estimate of drug-likeness (QED) is 0.229. The van der Waals surface area contributed by atoms with Gasteiger partial charge in [-0.05, 0) is 26.2 Å². The van der Waals surface area contributed by atoms with Crippen molar-refractivity contribution in [1.82, 2.24) is 0 Å². The number of carboxylic acid groups (broad SMARTS) is 3. The van der Waals surface area contributed by atoms with E-state index in [0.29, 0.717) is 6.42 Å². The Bertz CT molecular complexity index is 440. The first-order chi connectivity index (χ1) is 9.66. The largest absolute Gasteiger partial charge is 0.481 e. The fraction of sp³-hybridized carbons (Fsp3) is 0.583. The Hall–Kier alpha value is -2.45. The first-order valence-corrected chi connectivity index (χ1v) is 6.10. The van der Waals surface area contributed by atoms with Crippen molar-refractivity contribution in [3.63, 3.8) is 0 Å². The molecule has 0 radical (unpaired) electrons. The first kappa shape index (κ1) is 18.6. The van der Waals surface area contributed by atoms with Gasteiger partial charge in [-0.2, -0.15) is 0 Å². The van der Waals surface area contributed by atoms with E-state index in [1.165, 1.54) is 6.92 Å². The fourth-order valence-electron chi connectivity index (χ4n) is 1.59. The molecule has 118 valence electrons. The molecule has 0 amide bonds. The van der Waals surface area contributed by atoms with Crippen LogP contribution in [0.1, 0.15) is 32.6 Å². The van der Waals surface area contributed by atoms with Gasteiger partial charge < -0.3 is 20.1 Å². The van der Waals surface area contributed by atoms with Gasteiger partial charge in [0.05, 0.1) is 6.10 Å². The average molecular weight is 304 g/mol. The molecule has 0 aromatic rings. The van der Waals surface area contributed by atoms with Crippen LogP contribution in [0.5, 0.6) is 0 Å². The molecule has 2 unspecified atom stereocenters. The van der Waals surface area contributed by atoms with Gasteiger partial charge in [-0.25, -0.2) is 14.4 Å². The Labute approximate surface area is 119 Å². The van der Waals surface area contributed by atoms with Crippen LogP contribution in [0.3, 0.4) is 0 Å². The minimum absolute atomic E-state index is 0.153. The van der Waals surface area contributed by atoms with Crippen molar-refractivity contribution >= 4 is 29.7 Å². The second-order valence-corrected chi connectivity index (χ2v) is 4.37. The summed E-state index contributed by atoms with van der Waals surface area (Å²) in [5.41, 5.74) is 0. The van der Waals surface area contributed by atoms with Crippen molar-refractivity contribution < 1.29 is 44.0 Å². The number of Topliss-reactive ketones (excluding diaryl/α,β-unsaturated/α-hetero) is 1. The fourth-order valence-corrected chi connectivity index (χ4v) is 1.59. The SMILES string of the molecule is CC(CCCCC(C(=O)O)C(=O)C(=O)O)OC(=O)C(=O)O. The minimum atomic E-state index is -1.80. The molecule has 0 rings (SSSR count). The Balaban J connectivity index is 4.15. The van der Waals surface area contributed by atoms with Crippen LogP contribution >= 0.6 is 0 Å². The van der Waals surface area contributed by atoms with Gasteiger partial charge in [-0.1, -0.05) is 6.42 Å². The van der Waals surface area contributed by atoms with E-state index in [2.05, 4.69) is 4.74 Å². The van der Waals surface area contributed by atoms with Gasteiger partial charge in [-0.3, -0.25) is 9.59 Å². The van der Waals surface area contributed by atoms with E-state index in [1.54, 1.807) is 0 Å². The van der Waals surface area contributed by atoms with Crippen molar-refractivity contribution in [3.05, 3.63) is 0 Å². The zero-order valence-corrected chi connectivity index (χ0v) is 11.3. The molecule has 0 saturated carbocycles. The van der Waals surface area contributed by atoms with Crippen LogP contribution in [0, 0.1) is 5.92 Å². The smallest absolute Gasteiger partial charge is 0.417 e. The number of rotatable bonds is 9. The molecule has 3 N–H and O–H groups in total. The average Bonchev–Trinajstić information content (AvgIpc) is 2.37. The third kappa shape index (κ3) is 7.04. The summed E-state index contributed by atoms with van der Waals surface area (Å²) in [5.74, 6) is -9.39. The second kappa shape index (κ2) is 8.67. The second-order valence-electron chi connectivity index (χ2n) is 4.37. The summed E-state index contributed by atoms with van der Waals surface area (Å²) in [6, 6.07) is 0. The molecule has 0 aromatic carbocycles. The highest BCUT2D eigenvalue weighted by atomic mass is 16.6. The van der Waals surface area contributed by atoms with Gasteiger partial charge in [0.15, 0.2) is 0 Å². The number of esters is 1. The number of unbranched alkanes of at least 4 members (excludes halogenated alkanes) is 1. The summed E-state index contributed by atoms with van der Waals surface area (Å²) in [4.78, 5) is 53.3. The van der Waals surface area contributed by atoms with E-state index in [9.17, 15) is 24.0 Å². The Morgan fingerprint density at radius 2 is 1.43 bits per heavy atom. The highest BCUT2D eigenvalue weighted by Gasteiger charge is 2.30. The lowest BCUT2D eigenvalue weighted by atomic mass is 9.96. The van der Waals surface area contributed by atoms with Crippen LogP contribution in [0.4, 0.5) is 0 Å². The molecule has 0 aliphatic rings. The van der Waals surface area contributed by atoms with Crippen molar-refractivity contribution in [1.29, 1.82) is 0 Å². The van der Waals surface area contributed by atoms with Gasteiger partial charge in [0, 0.05) is 0 Å². The number of ketones is 1. The lowest BCUT2D eigenvalue weighted by Crippen LogP contribution is -2.30. The molecule has 2 atom stereocenters. The standard InChI is InChI=1S/C12H16O9/c1-6(21-12(20)11(18)19)4-2-3-5-7(9(14)15)8(13)10(16)17/h6-7H,2-5H2,1H3,(H,14,15)(H,16,17)(H,18,19). The van der Waals surface area contributed by atoms with Crippen LogP contribution in [0.2, 0.25) is 0 Å². The van der Waals surface area contributed by atoms with E-state index >= 15 is 0 Å². The summed E-state index contributed by atoms with van der Waals surface area (Å²) < 4.78 is 4.54. The number of hydrogen-bond acceptors (Lipinski definition) is 6. The predicted octanol–water partition coefficient (Wildman–Crippen LogP) is -0.0824. The van der Waals surface area contributed by atoms with Crippen LogP contribution < -0.4 is 0 Å². The van der Waals surface area contributed by atoms with Crippen molar-refractivity contribution in [3.8, 4) is 0 Å². The van der Waals surface area contributed by atoms with Gasteiger partial charge >= 0.3 is 23.9 Å². The van der Waals surface area contributed by atoms with E-state index in [4.69, 9.17) is 15.3 Å². The third-order valence-corrected chi connectivity index (χ3v) is 2.66. The number of ether oxygens (including phenoxy) is 1. The molecule has 0 saturated heterocycles. The van der Waals surface area contributed by atoms with Gasteiger partial charge in [-0.15, -0.1) is 0 Å². The maximum atomic E-state index is 11.1. The summed E-state index contributed by atoms with van der Waals surface area (Å²) in [5, 5.41) is 25.6. The summed E-state index contributed by atoms with van der Waals surface area (Å²) >= 11 is 0. The normalized spacial score (nSPS) is 13.0. The number of carboxylic acids is 3. The van der Waals surface area contributed by atoms with Crippen LogP contribution in [-0.4, -0.2) is 51.1 Å². The highest BCUT2D eigenvalue weighted by molar-refractivity contribution is 6.37.